The summed E-state index contributed by atoms with van der Waals surface area (Å²) in [6.45, 7) is 10.4. The van der Waals surface area contributed by atoms with Gasteiger partial charge in [0.25, 0.3) is 0 Å². The molecule has 0 bridgehead atoms. The van der Waals surface area contributed by atoms with Crippen LogP contribution in [0.15, 0.2) is 46.9 Å². The van der Waals surface area contributed by atoms with Gasteiger partial charge in [0, 0.05) is 74.9 Å². The fourth-order valence-corrected chi connectivity index (χ4v) is 4.19. The molecule has 0 saturated carbocycles. The summed E-state index contributed by atoms with van der Waals surface area (Å²) in [6, 6.07) is 14.9. The molecule has 2 aromatic carbocycles. The first-order valence-electron chi connectivity index (χ1n) is 10.7. The molecule has 1 aromatic heterocycles. The lowest BCUT2D eigenvalue weighted by Gasteiger charge is -2.29. The Morgan fingerprint density at radius 3 is 1.93 bits per heavy atom. The lowest BCUT2D eigenvalue weighted by atomic mass is 10.1. The Balaban J connectivity index is 1.33. The van der Waals surface area contributed by atoms with Gasteiger partial charge in [-0.1, -0.05) is 0 Å². The van der Waals surface area contributed by atoms with E-state index in [0.29, 0.717) is 11.8 Å². The summed E-state index contributed by atoms with van der Waals surface area (Å²) in [4.78, 5) is 4.80. The molecule has 0 spiro atoms. The number of anilines is 2. The van der Waals surface area contributed by atoms with Gasteiger partial charge in [-0.2, -0.15) is 0 Å². The molecule has 2 fully saturated rings. The third-order valence-electron chi connectivity index (χ3n) is 5.94. The van der Waals surface area contributed by atoms with Crippen molar-refractivity contribution in [2.75, 3.05) is 62.2 Å². The number of piperazine rings is 2. The molecular formula is C23H28N6O. The fourth-order valence-electron chi connectivity index (χ4n) is 4.19. The van der Waals surface area contributed by atoms with E-state index >= 15 is 0 Å². The van der Waals surface area contributed by atoms with E-state index < -0.39 is 0 Å². The number of rotatable bonds is 4. The predicted octanol–water partition coefficient (Wildman–Crippen LogP) is 2.53. The van der Waals surface area contributed by atoms with Crippen LogP contribution < -0.4 is 20.4 Å². The Bertz CT molecular complexity index is 987. The van der Waals surface area contributed by atoms with E-state index in [1.165, 1.54) is 11.4 Å². The van der Waals surface area contributed by atoms with E-state index in [0.717, 1.165) is 69.0 Å². The maximum absolute atomic E-state index is 6.04. The van der Waals surface area contributed by atoms with E-state index in [4.69, 9.17) is 4.42 Å². The van der Waals surface area contributed by atoms with Gasteiger partial charge in [-0.05, 0) is 55.0 Å². The quantitative estimate of drug-likeness (QED) is 0.692. The lowest BCUT2D eigenvalue weighted by molar-refractivity contribution is 0.583. The van der Waals surface area contributed by atoms with Gasteiger partial charge >= 0.3 is 0 Å². The molecule has 156 valence electrons. The molecule has 2 aliphatic heterocycles. The smallest absolute Gasteiger partial charge is 0.248 e. The van der Waals surface area contributed by atoms with Gasteiger partial charge in [0.1, 0.15) is 0 Å². The molecule has 0 radical (unpaired) electrons. The highest BCUT2D eigenvalue weighted by Crippen LogP contribution is 2.30. The van der Waals surface area contributed by atoms with Crippen molar-refractivity contribution in [1.82, 2.24) is 20.8 Å². The average Bonchev–Trinajstić information content (AvgIpc) is 3.30. The number of hydrogen-bond acceptors (Lipinski definition) is 7. The third kappa shape index (κ3) is 3.91. The van der Waals surface area contributed by atoms with Crippen molar-refractivity contribution in [3.8, 4) is 22.9 Å². The maximum atomic E-state index is 6.04. The largest absolute Gasteiger partial charge is 0.416 e. The van der Waals surface area contributed by atoms with E-state index in [1.807, 2.05) is 0 Å². The molecule has 3 aromatic rings. The topological polar surface area (TPSA) is 69.5 Å². The van der Waals surface area contributed by atoms with Crippen LogP contribution in [0.1, 0.15) is 5.56 Å². The minimum atomic E-state index is 0.558. The molecule has 2 N–H and O–H groups in total. The number of nitrogens with one attached hydrogen (secondary N) is 2. The van der Waals surface area contributed by atoms with Crippen molar-refractivity contribution in [2.24, 2.45) is 0 Å². The molecule has 0 atom stereocenters. The normalized spacial score (nSPS) is 17.4. The monoisotopic (exact) mass is 404 g/mol. The van der Waals surface area contributed by atoms with Crippen molar-refractivity contribution in [2.45, 2.75) is 6.92 Å². The van der Waals surface area contributed by atoms with Crippen LogP contribution in [-0.4, -0.2) is 62.6 Å². The van der Waals surface area contributed by atoms with Crippen molar-refractivity contribution >= 4 is 11.4 Å². The highest BCUT2D eigenvalue weighted by atomic mass is 16.4. The van der Waals surface area contributed by atoms with Crippen molar-refractivity contribution in [3.63, 3.8) is 0 Å². The predicted molar refractivity (Wildman–Crippen MR) is 120 cm³/mol. The fraction of sp³-hybridized carbons (Fsp3) is 0.391. The Morgan fingerprint density at radius 2 is 1.30 bits per heavy atom. The minimum absolute atomic E-state index is 0.558. The molecule has 0 amide bonds. The molecule has 7 heteroatoms. The highest BCUT2D eigenvalue weighted by Gasteiger charge is 2.16. The summed E-state index contributed by atoms with van der Waals surface area (Å²) in [5.41, 5.74) is 5.57. The van der Waals surface area contributed by atoms with Crippen LogP contribution in [0.3, 0.4) is 0 Å². The Hall–Kier alpha value is -2.90. The summed E-state index contributed by atoms with van der Waals surface area (Å²) in [5, 5.41) is 15.4. The van der Waals surface area contributed by atoms with Crippen LogP contribution in [0.2, 0.25) is 0 Å². The lowest BCUT2D eigenvalue weighted by Crippen LogP contribution is -2.43. The zero-order valence-electron chi connectivity index (χ0n) is 17.4. The molecule has 3 heterocycles. The number of benzene rings is 2. The Kier molecular flexibility index (Phi) is 5.38. The van der Waals surface area contributed by atoms with Crippen LogP contribution >= 0.6 is 0 Å². The number of nitrogens with zero attached hydrogens (tertiary/aromatic N) is 4. The zero-order valence-corrected chi connectivity index (χ0v) is 17.4. The summed E-state index contributed by atoms with van der Waals surface area (Å²) >= 11 is 0. The molecule has 2 aliphatic rings. The second-order valence-corrected chi connectivity index (χ2v) is 7.93. The van der Waals surface area contributed by atoms with Crippen LogP contribution in [0.4, 0.5) is 11.4 Å². The molecular weight excluding hydrogens is 376 g/mol. The Labute approximate surface area is 177 Å². The average molecular weight is 405 g/mol. The molecule has 7 nitrogen and oxygen atoms in total. The third-order valence-corrected chi connectivity index (χ3v) is 5.94. The standard InChI is InChI=1S/C23H28N6O/c1-17-16-20(29-14-10-25-11-15-29)6-7-21(17)23-27-26-22(30-23)18-2-4-19(5-3-18)28-12-8-24-9-13-28/h2-7,16,24-25H,8-15H2,1H3. The molecule has 30 heavy (non-hydrogen) atoms. The number of hydrogen-bond donors (Lipinski definition) is 2. The van der Waals surface area contributed by atoms with Crippen LogP contribution in [0.25, 0.3) is 22.9 Å². The van der Waals surface area contributed by atoms with E-state index in [9.17, 15) is 0 Å². The first-order chi connectivity index (χ1) is 14.8. The van der Waals surface area contributed by atoms with Gasteiger partial charge in [0.2, 0.25) is 11.8 Å². The van der Waals surface area contributed by atoms with Gasteiger partial charge in [-0.3, -0.25) is 0 Å². The SMILES string of the molecule is Cc1cc(N2CCNCC2)ccc1-c1nnc(-c2ccc(N3CCNCC3)cc2)o1. The van der Waals surface area contributed by atoms with E-state index in [1.54, 1.807) is 0 Å². The van der Waals surface area contributed by atoms with Crippen LogP contribution in [0, 0.1) is 6.92 Å². The summed E-state index contributed by atoms with van der Waals surface area (Å²) < 4.78 is 6.04. The van der Waals surface area contributed by atoms with Crippen molar-refractivity contribution < 1.29 is 4.42 Å². The molecule has 2 saturated heterocycles. The highest BCUT2D eigenvalue weighted by molar-refractivity contribution is 5.66. The zero-order chi connectivity index (χ0) is 20.3. The van der Waals surface area contributed by atoms with Gasteiger partial charge in [0.15, 0.2) is 0 Å². The number of aromatic nitrogens is 2. The summed E-state index contributed by atoms with van der Waals surface area (Å²) in [5.74, 6) is 1.13. The van der Waals surface area contributed by atoms with Gasteiger partial charge in [-0.15, -0.1) is 10.2 Å². The van der Waals surface area contributed by atoms with Crippen LogP contribution in [0.5, 0.6) is 0 Å². The van der Waals surface area contributed by atoms with Gasteiger partial charge in [-0.25, -0.2) is 0 Å². The summed E-state index contributed by atoms with van der Waals surface area (Å²) in [6.07, 6.45) is 0. The molecule has 0 unspecified atom stereocenters. The second-order valence-electron chi connectivity index (χ2n) is 7.93. The minimum Gasteiger partial charge on any atom is -0.416 e. The van der Waals surface area contributed by atoms with Crippen molar-refractivity contribution in [1.29, 1.82) is 0 Å². The van der Waals surface area contributed by atoms with Crippen LogP contribution in [-0.2, 0) is 0 Å². The van der Waals surface area contributed by atoms with E-state index in [-0.39, 0.29) is 0 Å². The summed E-state index contributed by atoms with van der Waals surface area (Å²) in [7, 11) is 0. The molecule has 5 rings (SSSR count). The maximum Gasteiger partial charge on any atom is 0.248 e. The van der Waals surface area contributed by atoms with E-state index in [2.05, 4.69) is 80.0 Å². The number of aryl methyl sites for hydroxylation is 1. The first-order valence-corrected chi connectivity index (χ1v) is 10.7. The van der Waals surface area contributed by atoms with Gasteiger partial charge < -0.3 is 24.9 Å². The van der Waals surface area contributed by atoms with Gasteiger partial charge in [0.05, 0.1) is 0 Å². The molecule has 0 aliphatic carbocycles. The van der Waals surface area contributed by atoms with Crippen molar-refractivity contribution in [3.05, 3.63) is 48.0 Å². The second kappa shape index (κ2) is 8.45. The Morgan fingerprint density at radius 1 is 0.733 bits per heavy atom. The first kappa shape index (κ1) is 19.1.